The number of hydrogen-bond donors (Lipinski definition) is 0. The van der Waals surface area contributed by atoms with E-state index in [2.05, 4.69) is 123 Å². The molecule has 2 heteroatoms. The molecule has 4 aromatic rings. The molecule has 326 valence electrons. The van der Waals surface area contributed by atoms with Crippen molar-refractivity contribution in [2.45, 2.75) is 207 Å². The number of aryl methyl sites for hydroxylation is 4. The smallest absolute Gasteiger partial charge is 0.0284 e. The zero-order valence-electron chi connectivity index (χ0n) is 38.7. The van der Waals surface area contributed by atoms with E-state index in [1.807, 2.05) is 22.7 Å². The summed E-state index contributed by atoms with van der Waals surface area (Å²) in [4.78, 5) is 2.65. The van der Waals surface area contributed by atoms with Gasteiger partial charge in [-0.2, -0.15) is 0 Å². The molecule has 2 aromatic heterocycles. The van der Waals surface area contributed by atoms with E-state index >= 15 is 0 Å². The molecule has 2 aromatic carbocycles. The molecular weight excluding hydrogens is 761 g/mol. The summed E-state index contributed by atoms with van der Waals surface area (Å²) in [7, 11) is 0. The van der Waals surface area contributed by atoms with Gasteiger partial charge in [-0.25, -0.2) is 0 Å². The first-order valence-electron chi connectivity index (χ1n) is 24.9. The molecule has 0 aliphatic carbocycles. The van der Waals surface area contributed by atoms with Crippen LogP contribution in [0.25, 0.3) is 24.3 Å². The predicted molar refractivity (Wildman–Crippen MR) is 274 cm³/mol. The Kier molecular flexibility index (Phi) is 26.2. The summed E-state index contributed by atoms with van der Waals surface area (Å²) in [5, 5.41) is 4.37. The van der Waals surface area contributed by atoms with Crippen molar-refractivity contribution >= 4 is 47.0 Å². The maximum atomic E-state index is 3.91. The summed E-state index contributed by atoms with van der Waals surface area (Å²) in [6.07, 6.45) is 45.5. The molecule has 60 heavy (non-hydrogen) atoms. The van der Waals surface area contributed by atoms with E-state index in [4.69, 9.17) is 0 Å². The van der Waals surface area contributed by atoms with Crippen LogP contribution in [0.5, 0.6) is 0 Å². The lowest BCUT2D eigenvalue weighted by Crippen LogP contribution is -2.00. The molecule has 2 heterocycles. The first-order chi connectivity index (χ1) is 29.6. The first kappa shape index (κ1) is 49.5. The van der Waals surface area contributed by atoms with Gasteiger partial charge in [0.2, 0.25) is 0 Å². The zero-order valence-corrected chi connectivity index (χ0v) is 40.3. The van der Waals surface area contributed by atoms with Crippen LogP contribution in [0.4, 0.5) is 0 Å². The van der Waals surface area contributed by atoms with Crippen molar-refractivity contribution in [2.24, 2.45) is 0 Å². The molecule has 0 unspecified atom stereocenters. The van der Waals surface area contributed by atoms with E-state index in [9.17, 15) is 0 Å². The van der Waals surface area contributed by atoms with Crippen LogP contribution in [0, 0.1) is 11.8 Å². The van der Waals surface area contributed by atoms with Crippen LogP contribution >= 0.6 is 22.7 Å². The Morgan fingerprint density at radius 3 is 1.00 bits per heavy atom. The molecule has 0 spiro atoms. The summed E-state index contributed by atoms with van der Waals surface area (Å²) in [6.45, 7) is 9.25. The van der Waals surface area contributed by atoms with Gasteiger partial charge in [-0.1, -0.05) is 204 Å². The van der Waals surface area contributed by atoms with Gasteiger partial charge in [-0.15, -0.1) is 22.7 Å². The molecule has 0 nitrogen and oxygen atoms in total. The second-order valence-corrected chi connectivity index (χ2v) is 19.4. The van der Waals surface area contributed by atoms with Crippen molar-refractivity contribution in [3.63, 3.8) is 0 Å². The van der Waals surface area contributed by atoms with E-state index in [0.29, 0.717) is 0 Å². The van der Waals surface area contributed by atoms with Gasteiger partial charge < -0.3 is 0 Å². The van der Waals surface area contributed by atoms with E-state index in [1.165, 1.54) is 208 Å². The molecule has 0 saturated carbocycles. The van der Waals surface area contributed by atoms with Crippen molar-refractivity contribution in [3.05, 3.63) is 114 Å². The van der Waals surface area contributed by atoms with Gasteiger partial charge in [0.25, 0.3) is 0 Å². The van der Waals surface area contributed by atoms with Crippen LogP contribution in [-0.4, -0.2) is 0 Å². The monoisotopic (exact) mass is 843 g/mol. The zero-order chi connectivity index (χ0) is 42.3. The highest BCUT2D eigenvalue weighted by Gasteiger charge is 2.12. The third-order valence-electron chi connectivity index (χ3n) is 12.2. The Bertz CT molecular complexity index is 1670. The standard InChI is InChI=1S/C58H82S2/c1-5-9-13-17-21-25-31-49-47-55(39-41-57-35-29-43-59-57)51(33-27-23-19-15-11-7-3)45-53(49)37-38-54-46-52(34-28-24-20-16-12-8-4)56(40-42-58-36-30-44-60-58)48-50(54)32-26-22-18-14-10-6-2/h29-30,35-36,39-48H,5-28,31-34H2,1-4H3/b41-39+,42-40+. The Morgan fingerprint density at radius 1 is 0.367 bits per heavy atom. The summed E-state index contributed by atoms with van der Waals surface area (Å²) >= 11 is 3.65. The Morgan fingerprint density at radius 2 is 0.683 bits per heavy atom. The molecule has 0 aliphatic rings. The minimum atomic E-state index is 1.10. The van der Waals surface area contributed by atoms with Gasteiger partial charge in [0, 0.05) is 20.9 Å². The lowest BCUT2D eigenvalue weighted by atomic mass is 9.90. The maximum absolute atomic E-state index is 3.91. The highest BCUT2D eigenvalue weighted by molar-refractivity contribution is 7.11. The predicted octanol–water partition coefficient (Wildman–Crippen LogP) is 19.2. The van der Waals surface area contributed by atoms with Crippen LogP contribution in [-0.2, 0) is 25.7 Å². The fourth-order valence-corrected chi connectivity index (χ4v) is 9.68. The molecular formula is C58H82S2. The number of thiophene rings is 2. The van der Waals surface area contributed by atoms with Crippen LogP contribution in [0.15, 0.2) is 59.3 Å². The van der Waals surface area contributed by atoms with Gasteiger partial charge in [0.1, 0.15) is 0 Å². The van der Waals surface area contributed by atoms with Crippen molar-refractivity contribution in [3.8, 4) is 11.8 Å². The average Bonchev–Trinajstić information content (AvgIpc) is 4.00. The highest BCUT2D eigenvalue weighted by atomic mass is 32.1. The third-order valence-corrected chi connectivity index (χ3v) is 13.9. The van der Waals surface area contributed by atoms with Crippen molar-refractivity contribution in [1.29, 1.82) is 0 Å². The molecule has 0 atom stereocenters. The quantitative estimate of drug-likeness (QED) is 0.0339. The van der Waals surface area contributed by atoms with Crippen LogP contribution in [0.1, 0.15) is 236 Å². The number of hydrogen-bond acceptors (Lipinski definition) is 2. The molecule has 0 fully saturated rings. The molecule has 0 bridgehead atoms. The second-order valence-electron chi connectivity index (χ2n) is 17.4. The number of unbranched alkanes of at least 4 members (excludes halogenated alkanes) is 20. The number of benzene rings is 2. The van der Waals surface area contributed by atoms with Gasteiger partial charge in [0.15, 0.2) is 0 Å². The normalized spacial score (nSPS) is 11.6. The summed E-state index contributed by atoms with van der Waals surface area (Å²) in [5.41, 5.74) is 11.2. The Balaban J connectivity index is 1.75. The second kappa shape index (κ2) is 31.7. The molecule has 4 rings (SSSR count). The lowest BCUT2D eigenvalue weighted by molar-refractivity contribution is 0.605. The summed E-state index contributed by atoms with van der Waals surface area (Å²) in [6, 6.07) is 18.9. The average molecular weight is 843 g/mol. The van der Waals surface area contributed by atoms with Crippen molar-refractivity contribution in [2.75, 3.05) is 0 Å². The molecule has 0 N–H and O–H groups in total. The van der Waals surface area contributed by atoms with Crippen molar-refractivity contribution in [1.82, 2.24) is 0 Å². The molecule has 0 amide bonds. The maximum Gasteiger partial charge on any atom is 0.0284 e. The highest BCUT2D eigenvalue weighted by Crippen LogP contribution is 2.27. The summed E-state index contributed by atoms with van der Waals surface area (Å²) < 4.78 is 0. The largest absolute Gasteiger partial charge is 0.144 e. The Labute approximate surface area is 377 Å². The van der Waals surface area contributed by atoms with Gasteiger partial charge in [0.05, 0.1) is 0 Å². The molecule has 0 radical (unpaired) electrons. The lowest BCUT2D eigenvalue weighted by Gasteiger charge is -2.14. The summed E-state index contributed by atoms with van der Waals surface area (Å²) in [5.74, 6) is 7.82. The topological polar surface area (TPSA) is 0 Å². The fourth-order valence-electron chi connectivity index (χ4n) is 8.44. The Hall–Kier alpha value is -3.12. The van der Waals surface area contributed by atoms with E-state index in [1.54, 1.807) is 0 Å². The van der Waals surface area contributed by atoms with Gasteiger partial charge >= 0.3 is 0 Å². The van der Waals surface area contributed by atoms with Gasteiger partial charge in [-0.3, -0.25) is 0 Å². The van der Waals surface area contributed by atoms with Gasteiger partial charge in [-0.05, 0) is 132 Å². The fraction of sp³-hybridized carbons (Fsp3) is 0.552. The van der Waals surface area contributed by atoms with Crippen LogP contribution < -0.4 is 0 Å². The minimum absolute atomic E-state index is 1.10. The minimum Gasteiger partial charge on any atom is -0.144 e. The number of rotatable bonds is 32. The van der Waals surface area contributed by atoms with Crippen LogP contribution in [0.3, 0.4) is 0 Å². The van der Waals surface area contributed by atoms with E-state index in [-0.39, 0.29) is 0 Å². The van der Waals surface area contributed by atoms with Crippen LogP contribution in [0.2, 0.25) is 0 Å². The van der Waals surface area contributed by atoms with E-state index in [0.717, 1.165) is 25.7 Å². The first-order valence-corrected chi connectivity index (χ1v) is 26.7. The SMILES string of the molecule is CCCCCCCCc1cc(/C=C/c2cccs2)c(CCCCCCCC)cc1C#Cc1cc(CCCCCCCC)c(/C=C/c2cccs2)cc1CCCCCCCC. The van der Waals surface area contributed by atoms with E-state index < -0.39 is 0 Å². The molecule has 0 aliphatic heterocycles. The van der Waals surface area contributed by atoms with Crippen molar-refractivity contribution < 1.29 is 0 Å². The molecule has 0 saturated heterocycles. The third kappa shape index (κ3) is 19.7.